The maximum Gasteiger partial charge on any atom is 0.283 e. The fourth-order valence-electron chi connectivity index (χ4n) is 0.608. The van der Waals surface area contributed by atoms with E-state index in [1.165, 1.54) is 17.5 Å². The van der Waals surface area contributed by atoms with Gasteiger partial charge >= 0.3 is 0 Å². The van der Waals surface area contributed by atoms with Crippen LogP contribution in [0.5, 0.6) is 0 Å². The largest absolute Gasteiger partial charge is 0.365 e. The summed E-state index contributed by atoms with van der Waals surface area (Å²) in [5, 5.41) is 15.1. The van der Waals surface area contributed by atoms with Gasteiger partial charge in [-0.15, -0.1) is 11.3 Å². The Hall–Kier alpha value is -1.61. The molecule has 0 bridgehead atoms. The van der Waals surface area contributed by atoms with Gasteiger partial charge in [0.25, 0.3) is 5.91 Å². The van der Waals surface area contributed by atoms with Crippen molar-refractivity contribution in [2.45, 2.75) is 0 Å². The molecule has 0 saturated heterocycles. The molecule has 2 N–H and O–H groups in total. The number of carbonyl (C=O) groups excluding carboxylic acids is 1. The lowest BCUT2D eigenvalue weighted by Gasteiger charge is -1.89. The van der Waals surface area contributed by atoms with Gasteiger partial charge in [0.2, 0.25) is 0 Å². The minimum atomic E-state index is -0.477. The average Bonchev–Trinajstić information content (AvgIpc) is 2.52. The predicted octanol–water partition coefficient (Wildman–Crippen LogP) is 0.396. The van der Waals surface area contributed by atoms with Crippen molar-refractivity contribution in [3.05, 3.63) is 11.1 Å². The smallest absolute Gasteiger partial charge is 0.283 e. The predicted molar refractivity (Wildman–Crippen MR) is 44.7 cm³/mol. The van der Waals surface area contributed by atoms with E-state index < -0.39 is 5.91 Å². The highest BCUT2D eigenvalue weighted by Gasteiger charge is 2.08. The molecule has 0 aliphatic heterocycles. The standard InChI is InChI=1S/C6H6N4OS/c1-8-6-10-4(2-12-6)5(11)9-3-7/h2H,1H3,(H,8,10)(H,9,11). The van der Waals surface area contributed by atoms with Crippen LogP contribution in [0.3, 0.4) is 0 Å². The van der Waals surface area contributed by atoms with Crippen LogP contribution < -0.4 is 10.6 Å². The van der Waals surface area contributed by atoms with Gasteiger partial charge < -0.3 is 5.32 Å². The van der Waals surface area contributed by atoms with Gasteiger partial charge in [0.1, 0.15) is 5.69 Å². The molecule has 0 aliphatic carbocycles. The Morgan fingerprint density at radius 1 is 1.83 bits per heavy atom. The molecule has 12 heavy (non-hydrogen) atoms. The van der Waals surface area contributed by atoms with Gasteiger partial charge in [-0.25, -0.2) is 4.98 Å². The fraction of sp³-hybridized carbons (Fsp3) is 0.167. The topological polar surface area (TPSA) is 77.8 Å². The molecule has 5 nitrogen and oxygen atoms in total. The van der Waals surface area contributed by atoms with Crippen LogP contribution in [-0.4, -0.2) is 17.9 Å². The average molecular weight is 182 g/mol. The van der Waals surface area contributed by atoms with Crippen LogP contribution >= 0.6 is 11.3 Å². The van der Waals surface area contributed by atoms with E-state index in [2.05, 4.69) is 10.3 Å². The summed E-state index contributed by atoms with van der Waals surface area (Å²) in [6.45, 7) is 0. The normalized spacial score (nSPS) is 8.67. The van der Waals surface area contributed by atoms with E-state index in [1.54, 1.807) is 12.4 Å². The van der Waals surface area contributed by atoms with Crippen LogP contribution in [0.2, 0.25) is 0 Å². The zero-order chi connectivity index (χ0) is 8.97. The van der Waals surface area contributed by atoms with Crippen molar-refractivity contribution in [1.29, 1.82) is 5.26 Å². The third-order valence-corrected chi connectivity index (χ3v) is 1.98. The molecule has 1 aromatic heterocycles. The first kappa shape index (κ1) is 8.49. The maximum atomic E-state index is 11.0. The monoisotopic (exact) mass is 182 g/mol. The van der Waals surface area contributed by atoms with Crippen LogP contribution in [0.4, 0.5) is 5.13 Å². The number of nitrogens with zero attached hydrogens (tertiary/aromatic N) is 2. The second-order valence-corrected chi connectivity index (χ2v) is 2.71. The van der Waals surface area contributed by atoms with E-state index in [1.807, 2.05) is 5.32 Å². The van der Waals surface area contributed by atoms with Crippen molar-refractivity contribution in [3.8, 4) is 6.19 Å². The molecule has 1 heterocycles. The molecule has 0 unspecified atom stereocenters. The van der Waals surface area contributed by atoms with Gasteiger partial charge in [0, 0.05) is 12.4 Å². The number of carbonyl (C=O) groups is 1. The molecule has 0 aromatic carbocycles. The van der Waals surface area contributed by atoms with E-state index in [-0.39, 0.29) is 5.69 Å². The number of anilines is 1. The van der Waals surface area contributed by atoms with Crippen LogP contribution in [-0.2, 0) is 0 Å². The fourth-order valence-corrected chi connectivity index (χ4v) is 1.26. The molecule has 1 amide bonds. The molecule has 62 valence electrons. The lowest BCUT2D eigenvalue weighted by atomic mass is 10.5. The number of hydrogen-bond acceptors (Lipinski definition) is 5. The Morgan fingerprint density at radius 2 is 2.58 bits per heavy atom. The summed E-state index contributed by atoms with van der Waals surface area (Å²) >= 11 is 1.31. The lowest BCUT2D eigenvalue weighted by molar-refractivity contribution is 0.0969. The summed E-state index contributed by atoms with van der Waals surface area (Å²) in [5.41, 5.74) is 0.255. The third-order valence-electron chi connectivity index (χ3n) is 1.12. The molecule has 0 radical (unpaired) electrons. The van der Waals surface area contributed by atoms with E-state index in [9.17, 15) is 4.79 Å². The highest BCUT2D eigenvalue weighted by Crippen LogP contribution is 2.13. The molecule has 0 spiro atoms. The molecule has 0 atom stereocenters. The number of thiazole rings is 1. The first-order valence-corrected chi connectivity index (χ1v) is 3.98. The Morgan fingerprint density at radius 3 is 3.08 bits per heavy atom. The van der Waals surface area contributed by atoms with Crippen molar-refractivity contribution in [2.75, 3.05) is 12.4 Å². The summed E-state index contributed by atoms with van der Waals surface area (Å²) in [6, 6.07) is 0. The molecule has 6 heteroatoms. The quantitative estimate of drug-likeness (QED) is 0.512. The highest BCUT2D eigenvalue weighted by molar-refractivity contribution is 7.13. The van der Waals surface area contributed by atoms with Gasteiger partial charge in [-0.3, -0.25) is 10.1 Å². The first-order chi connectivity index (χ1) is 5.77. The molecule has 1 aromatic rings. The van der Waals surface area contributed by atoms with Crippen LogP contribution in [0.1, 0.15) is 10.5 Å². The number of amides is 1. The van der Waals surface area contributed by atoms with Gasteiger partial charge in [0.15, 0.2) is 11.3 Å². The maximum absolute atomic E-state index is 11.0. The van der Waals surface area contributed by atoms with Crippen molar-refractivity contribution in [2.24, 2.45) is 0 Å². The number of hydrogen-bond donors (Lipinski definition) is 2. The minimum Gasteiger partial charge on any atom is -0.365 e. The Bertz CT molecular complexity index is 327. The van der Waals surface area contributed by atoms with Gasteiger partial charge in [-0.2, -0.15) is 5.26 Å². The number of nitriles is 1. The first-order valence-electron chi connectivity index (χ1n) is 3.10. The van der Waals surface area contributed by atoms with Gasteiger partial charge in [0.05, 0.1) is 0 Å². The van der Waals surface area contributed by atoms with Crippen LogP contribution in [0, 0.1) is 11.5 Å². The molecule has 0 aliphatic rings. The summed E-state index contributed by atoms with van der Waals surface area (Å²) in [5.74, 6) is -0.477. The molecule has 1 rings (SSSR count). The highest BCUT2D eigenvalue weighted by atomic mass is 32.1. The third kappa shape index (κ3) is 1.71. The van der Waals surface area contributed by atoms with E-state index >= 15 is 0 Å². The minimum absolute atomic E-state index is 0.255. The zero-order valence-electron chi connectivity index (χ0n) is 6.29. The zero-order valence-corrected chi connectivity index (χ0v) is 7.10. The van der Waals surface area contributed by atoms with Gasteiger partial charge in [-0.05, 0) is 0 Å². The van der Waals surface area contributed by atoms with Crippen LogP contribution in [0.25, 0.3) is 0 Å². The van der Waals surface area contributed by atoms with Crippen molar-refractivity contribution in [3.63, 3.8) is 0 Å². The Balaban J connectivity index is 2.76. The van der Waals surface area contributed by atoms with Crippen molar-refractivity contribution >= 4 is 22.4 Å². The molecular weight excluding hydrogens is 176 g/mol. The second-order valence-electron chi connectivity index (χ2n) is 1.85. The number of aromatic nitrogens is 1. The summed E-state index contributed by atoms with van der Waals surface area (Å²) in [6.07, 6.45) is 1.54. The Kier molecular flexibility index (Phi) is 2.61. The van der Waals surface area contributed by atoms with Crippen molar-refractivity contribution < 1.29 is 4.79 Å². The molecule has 0 fully saturated rings. The SMILES string of the molecule is CNc1nc(C(=O)NC#N)cs1. The van der Waals surface area contributed by atoms with Gasteiger partial charge in [-0.1, -0.05) is 0 Å². The second kappa shape index (κ2) is 3.69. The lowest BCUT2D eigenvalue weighted by Crippen LogP contribution is -2.17. The molecule has 0 saturated carbocycles. The summed E-state index contributed by atoms with van der Waals surface area (Å²) < 4.78 is 0. The summed E-state index contributed by atoms with van der Waals surface area (Å²) in [7, 11) is 1.71. The molecular formula is C6H6N4OS. The van der Waals surface area contributed by atoms with Crippen molar-refractivity contribution in [1.82, 2.24) is 10.3 Å². The number of nitrogens with one attached hydrogen (secondary N) is 2. The van der Waals surface area contributed by atoms with E-state index in [0.29, 0.717) is 5.13 Å². The van der Waals surface area contributed by atoms with Crippen LogP contribution in [0.15, 0.2) is 5.38 Å². The summed E-state index contributed by atoms with van der Waals surface area (Å²) in [4.78, 5) is 14.8. The van der Waals surface area contributed by atoms with E-state index in [0.717, 1.165) is 0 Å². The Labute approximate surface area is 73.0 Å². The number of rotatable bonds is 2. The van der Waals surface area contributed by atoms with E-state index in [4.69, 9.17) is 5.26 Å².